The topological polar surface area (TPSA) is 46.9 Å². The number of hydrogen-bond donors (Lipinski definition) is 1. The average Bonchev–Trinajstić information content (AvgIpc) is 2.99. The van der Waals surface area contributed by atoms with Crippen LogP contribution in [0.2, 0.25) is 0 Å². The van der Waals surface area contributed by atoms with E-state index in [1.54, 1.807) is 6.20 Å². The number of anilines is 1. The smallest absolute Gasteiger partial charge is 0.256 e. The molecular formula is C17H13N3O. The molecule has 1 aliphatic rings. The Labute approximate surface area is 121 Å². The number of rotatable bonds is 1. The third-order valence-corrected chi connectivity index (χ3v) is 3.77. The Bertz CT molecular complexity index is 905. The van der Waals surface area contributed by atoms with Crippen LogP contribution < -0.4 is 5.32 Å². The van der Waals surface area contributed by atoms with Crippen LogP contribution >= 0.6 is 0 Å². The molecule has 0 spiro atoms. The van der Waals surface area contributed by atoms with Crippen LogP contribution in [0.1, 0.15) is 11.1 Å². The zero-order chi connectivity index (χ0) is 14.4. The van der Waals surface area contributed by atoms with Crippen LogP contribution in [-0.4, -0.2) is 15.5 Å². The van der Waals surface area contributed by atoms with Crippen molar-refractivity contribution >= 4 is 34.3 Å². The van der Waals surface area contributed by atoms with E-state index in [0.29, 0.717) is 5.57 Å². The van der Waals surface area contributed by atoms with E-state index in [0.717, 1.165) is 27.8 Å². The number of pyridine rings is 1. The maximum atomic E-state index is 12.2. The molecular weight excluding hydrogens is 262 g/mol. The van der Waals surface area contributed by atoms with Crippen molar-refractivity contribution in [1.82, 2.24) is 9.55 Å². The molecule has 0 saturated carbocycles. The third-order valence-electron chi connectivity index (χ3n) is 3.77. The molecule has 1 aliphatic heterocycles. The summed E-state index contributed by atoms with van der Waals surface area (Å²) in [6, 6.07) is 11.7. The lowest BCUT2D eigenvalue weighted by atomic mass is 10.0. The normalized spacial score (nSPS) is 15.5. The molecule has 0 atom stereocenters. The van der Waals surface area contributed by atoms with E-state index in [9.17, 15) is 4.79 Å². The first kappa shape index (κ1) is 11.9. The zero-order valence-corrected chi connectivity index (χ0v) is 11.5. The Morgan fingerprint density at radius 3 is 2.95 bits per heavy atom. The number of benzene rings is 1. The monoisotopic (exact) mass is 275 g/mol. The lowest BCUT2D eigenvalue weighted by molar-refractivity contribution is -0.110. The number of nitrogens with zero attached hydrogens (tertiary/aromatic N) is 2. The number of aryl methyl sites for hydroxylation is 1. The summed E-state index contributed by atoms with van der Waals surface area (Å²) in [7, 11) is 1.96. The summed E-state index contributed by atoms with van der Waals surface area (Å²) in [4.78, 5) is 16.5. The molecule has 3 heterocycles. The molecule has 21 heavy (non-hydrogen) atoms. The quantitative estimate of drug-likeness (QED) is 0.694. The summed E-state index contributed by atoms with van der Waals surface area (Å²) in [5, 5.41) is 3.94. The van der Waals surface area contributed by atoms with Crippen molar-refractivity contribution in [2.24, 2.45) is 7.05 Å². The van der Waals surface area contributed by atoms with Crippen LogP contribution in [0, 0.1) is 0 Å². The van der Waals surface area contributed by atoms with Gasteiger partial charge in [-0.2, -0.15) is 0 Å². The predicted octanol–water partition coefficient (Wildman–Crippen LogP) is 3.07. The van der Waals surface area contributed by atoms with Gasteiger partial charge in [-0.3, -0.25) is 4.79 Å². The van der Waals surface area contributed by atoms with Crippen molar-refractivity contribution in [3.8, 4) is 0 Å². The molecule has 1 amide bonds. The molecule has 0 radical (unpaired) electrons. The first-order valence-corrected chi connectivity index (χ1v) is 6.76. The molecule has 102 valence electrons. The van der Waals surface area contributed by atoms with Gasteiger partial charge in [-0.1, -0.05) is 18.2 Å². The summed E-state index contributed by atoms with van der Waals surface area (Å²) in [5.41, 5.74) is 4.43. The van der Waals surface area contributed by atoms with Crippen molar-refractivity contribution in [3.05, 3.63) is 59.9 Å². The minimum atomic E-state index is -0.0582. The average molecular weight is 275 g/mol. The highest BCUT2D eigenvalue weighted by atomic mass is 16.2. The largest absolute Gasteiger partial charge is 0.335 e. The minimum absolute atomic E-state index is 0.0582. The first-order valence-electron chi connectivity index (χ1n) is 6.76. The molecule has 1 aromatic carbocycles. The Hall–Kier alpha value is -2.88. The van der Waals surface area contributed by atoms with E-state index >= 15 is 0 Å². The second-order valence-corrected chi connectivity index (χ2v) is 5.13. The van der Waals surface area contributed by atoms with Crippen LogP contribution in [0.4, 0.5) is 5.69 Å². The Morgan fingerprint density at radius 2 is 2.05 bits per heavy atom. The highest BCUT2D eigenvalue weighted by Gasteiger charge is 2.23. The maximum Gasteiger partial charge on any atom is 0.256 e. The van der Waals surface area contributed by atoms with Gasteiger partial charge in [0, 0.05) is 47.2 Å². The van der Waals surface area contributed by atoms with Gasteiger partial charge in [-0.25, -0.2) is 4.98 Å². The number of amides is 1. The lowest BCUT2D eigenvalue weighted by Crippen LogP contribution is -2.03. The van der Waals surface area contributed by atoms with Gasteiger partial charge >= 0.3 is 0 Å². The number of hydrogen-bond acceptors (Lipinski definition) is 2. The minimum Gasteiger partial charge on any atom is -0.335 e. The summed E-state index contributed by atoms with van der Waals surface area (Å²) in [6.45, 7) is 0. The Morgan fingerprint density at radius 1 is 1.19 bits per heavy atom. The lowest BCUT2D eigenvalue weighted by Gasteiger charge is -1.97. The molecule has 4 rings (SSSR count). The van der Waals surface area contributed by atoms with E-state index in [1.165, 1.54) is 0 Å². The van der Waals surface area contributed by atoms with E-state index in [4.69, 9.17) is 0 Å². The van der Waals surface area contributed by atoms with E-state index < -0.39 is 0 Å². The molecule has 2 aromatic heterocycles. The molecule has 4 heteroatoms. The number of nitrogens with one attached hydrogen (secondary N) is 1. The van der Waals surface area contributed by atoms with Gasteiger partial charge in [-0.15, -0.1) is 0 Å². The summed E-state index contributed by atoms with van der Waals surface area (Å²) in [5.74, 6) is -0.0582. The standard InChI is InChI=1S/C17H13N3O/c1-20-10-11(12-6-4-8-18-16(12)20)9-14-13-5-2-3-7-15(13)19-17(14)21/h2-10H,1H3,(H,19,21)/b14-9-. The van der Waals surface area contributed by atoms with Crippen LogP contribution in [-0.2, 0) is 11.8 Å². The number of aromatic nitrogens is 2. The predicted molar refractivity (Wildman–Crippen MR) is 83.7 cm³/mol. The second kappa shape index (κ2) is 4.31. The van der Waals surface area contributed by atoms with Crippen LogP contribution in [0.15, 0.2) is 48.8 Å². The Kier molecular flexibility index (Phi) is 2.44. The maximum absolute atomic E-state index is 12.2. The first-order chi connectivity index (χ1) is 10.2. The molecule has 0 bridgehead atoms. The summed E-state index contributed by atoms with van der Waals surface area (Å²) in [6.07, 6.45) is 5.71. The molecule has 1 N–H and O–H groups in total. The highest BCUT2D eigenvalue weighted by molar-refractivity contribution is 6.35. The van der Waals surface area contributed by atoms with Crippen LogP contribution in [0.3, 0.4) is 0 Å². The molecule has 4 nitrogen and oxygen atoms in total. The number of para-hydroxylation sites is 1. The van der Waals surface area contributed by atoms with Crippen molar-refractivity contribution < 1.29 is 4.79 Å². The molecule has 0 fully saturated rings. The third kappa shape index (κ3) is 1.76. The fourth-order valence-corrected chi connectivity index (χ4v) is 2.80. The zero-order valence-electron chi connectivity index (χ0n) is 11.5. The van der Waals surface area contributed by atoms with Gasteiger partial charge in [0.1, 0.15) is 5.65 Å². The second-order valence-electron chi connectivity index (χ2n) is 5.13. The molecule has 0 aliphatic carbocycles. The van der Waals surface area contributed by atoms with Gasteiger partial charge in [0.25, 0.3) is 5.91 Å². The fourth-order valence-electron chi connectivity index (χ4n) is 2.80. The summed E-state index contributed by atoms with van der Waals surface area (Å²) >= 11 is 0. The van der Waals surface area contributed by atoms with Gasteiger partial charge in [0.2, 0.25) is 0 Å². The Balaban J connectivity index is 1.93. The van der Waals surface area contributed by atoms with Gasteiger partial charge < -0.3 is 9.88 Å². The van der Waals surface area contributed by atoms with Gasteiger partial charge in [0.05, 0.1) is 0 Å². The van der Waals surface area contributed by atoms with Crippen molar-refractivity contribution in [1.29, 1.82) is 0 Å². The van der Waals surface area contributed by atoms with E-state index in [-0.39, 0.29) is 5.91 Å². The summed E-state index contributed by atoms with van der Waals surface area (Å²) < 4.78 is 1.97. The van der Waals surface area contributed by atoms with E-state index in [1.807, 2.05) is 60.3 Å². The van der Waals surface area contributed by atoms with Crippen LogP contribution in [0.5, 0.6) is 0 Å². The number of carbonyl (C=O) groups excluding carboxylic acids is 1. The SMILES string of the molecule is Cn1cc(/C=C2\C(=O)Nc3ccccc32)c2cccnc21. The van der Waals surface area contributed by atoms with Crippen LogP contribution in [0.25, 0.3) is 22.7 Å². The molecule has 0 saturated heterocycles. The highest BCUT2D eigenvalue weighted by Crippen LogP contribution is 2.33. The molecule has 3 aromatic rings. The molecule has 0 unspecified atom stereocenters. The van der Waals surface area contributed by atoms with Gasteiger partial charge in [0.15, 0.2) is 0 Å². The number of carbonyl (C=O) groups is 1. The fraction of sp³-hybridized carbons (Fsp3) is 0.0588. The van der Waals surface area contributed by atoms with E-state index in [2.05, 4.69) is 10.3 Å². The van der Waals surface area contributed by atoms with Gasteiger partial charge in [-0.05, 0) is 24.3 Å². The number of fused-ring (bicyclic) bond motifs is 2. The van der Waals surface area contributed by atoms with Crippen molar-refractivity contribution in [3.63, 3.8) is 0 Å². The van der Waals surface area contributed by atoms with Crippen molar-refractivity contribution in [2.75, 3.05) is 5.32 Å². The van der Waals surface area contributed by atoms with Crippen molar-refractivity contribution in [2.45, 2.75) is 0 Å².